The number of nitrogens with zero attached hydrogens (tertiary/aromatic N) is 2. The third-order valence-corrected chi connectivity index (χ3v) is 2.21. The number of anilines is 1. The largest absolute Gasteiger partial charge is 0.495 e. The van der Waals surface area contributed by atoms with E-state index >= 15 is 0 Å². The first-order chi connectivity index (χ1) is 7.74. The third kappa shape index (κ3) is 1.63. The van der Waals surface area contributed by atoms with E-state index in [1.807, 2.05) is 12.1 Å². The Morgan fingerprint density at radius 2 is 2.12 bits per heavy atom. The minimum atomic E-state index is -0.355. The van der Waals surface area contributed by atoms with E-state index in [-0.39, 0.29) is 11.4 Å². The lowest BCUT2D eigenvalue weighted by Gasteiger charge is -2.10. The maximum Gasteiger partial charge on any atom is 0.297 e. The molecule has 0 saturated carbocycles. The number of nitrogen functional groups attached to an aromatic ring is 1. The number of hydrogen-bond donors (Lipinski definition) is 1. The van der Waals surface area contributed by atoms with Crippen molar-refractivity contribution in [3.05, 3.63) is 47.0 Å². The van der Waals surface area contributed by atoms with Crippen molar-refractivity contribution in [1.82, 2.24) is 9.55 Å². The number of rotatable bonds is 2. The maximum atomic E-state index is 11.8. The van der Waals surface area contributed by atoms with Crippen LogP contribution in [0.4, 0.5) is 5.82 Å². The van der Waals surface area contributed by atoms with Crippen molar-refractivity contribution in [3.63, 3.8) is 0 Å². The van der Waals surface area contributed by atoms with Gasteiger partial charge in [-0.1, -0.05) is 12.1 Å². The molecule has 0 radical (unpaired) electrons. The summed E-state index contributed by atoms with van der Waals surface area (Å²) >= 11 is 0. The molecule has 1 heterocycles. The fraction of sp³-hybridized carbons (Fsp3) is 0.0909. The van der Waals surface area contributed by atoms with Crippen molar-refractivity contribution in [2.24, 2.45) is 0 Å². The van der Waals surface area contributed by atoms with Crippen molar-refractivity contribution in [3.8, 4) is 11.4 Å². The average molecular weight is 217 g/mol. The van der Waals surface area contributed by atoms with Gasteiger partial charge >= 0.3 is 0 Å². The van der Waals surface area contributed by atoms with E-state index in [4.69, 9.17) is 10.5 Å². The molecule has 82 valence electrons. The molecule has 2 aromatic rings. The summed E-state index contributed by atoms with van der Waals surface area (Å²) in [6.07, 6.45) is 3.03. The lowest BCUT2D eigenvalue weighted by molar-refractivity contribution is 0.412. The zero-order chi connectivity index (χ0) is 11.5. The molecule has 1 aromatic heterocycles. The molecule has 0 aliphatic carbocycles. The molecule has 2 N–H and O–H groups in total. The summed E-state index contributed by atoms with van der Waals surface area (Å²) in [7, 11) is 1.55. The van der Waals surface area contributed by atoms with Gasteiger partial charge in [0.2, 0.25) is 0 Å². The van der Waals surface area contributed by atoms with Crippen LogP contribution in [-0.2, 0) is 0 Å². The van der Waals surface area contributed by atoms with Crippen LogP contribution >= 0.6 is 0 Å². The van der Waals surface area contributed by atoms with Gasteiger partial charge < -0.3 is 10.5 Å². The number of methoxy groups -OCH3 is 1. The Labute approximate surface area is 92.1 Å². The molecule has 0 saturated heterocycles. The molecule has 5 nitrogen and oxygen atoms in total. The highest BCUT2D eigenvalue weighted by molar-refractivity contribution is 5.47. The fourth-order valence-corrected chi connectivity index (χ4v) is 1.45. The molecule has 5 heteroatoms. The summed E-state index contributed by atoms with van der Waals surface area (Å²) < 4.78 is 6.58. The lowest BCUT2D eigenvalue weighted by atomic mass is 10.3. The second kappa shape index (κ2) is 4.06. The second-order valence-electron chi connectivity index (χ2n) is 3.16. The number of hydrogen-bond acceptors (Lipinski definition) is 4. The molecule has 0 spiro atoms. The van der Waals surface area contributed by atoms with Gasteiger partial charge in [0, 0.05) is 12.4 Å². The summed E-state index contributed by atoms with van der Waals surface area (Å²) in [6.45, 7) is 0. The highest BCUT2D eigenvalue weighted by Gasteiger charge is 2.07. The van der Waals surface area contributed by atoms with E-state index < -0.39 is 0 Å². The molecule has 0 unspecified atom stereocenters. The first kappa shape index (κ1) is 10.2. The van der Waals surface area contributed by atoms with Crippen molar-refractivity contribution in [2.75, 3.05) is 12.8 Å². The van der Waals surface area contributed by atoms with E-state index in [0.29, 0.717) is 11.4 Å². The number of nitrogens with two attached hydrogens (primary N) is 1. The highest BCUT2D eigenvalue weighted by Crippen LogP contribution is 2.20. The number of benzene rings is 1. The quantitative estimate of drug-likeness (QED) is 0.808. The second-order valence-corrected chi connectivity index (χ2v) is 3.16. The maximum absolute atomic E-state index is 11.8. The molecule has 0 amide bonds. The van der Waals surface area contributed by atoms with Gasteiger partial charge in [0.05, 0.1) is 12.8 Å². The van der Waals surface area contributed by atoms with Crippen molar-refractivity contribution < 1.29 is 4.74 Å². The van der Waals surface area contributed by atoms with Gasteiger partial charge in [-0.15, -0.1) is 0 Å². The highest BCUT2D eigenvalue weighted by atomic mass is 16.5. The molecule has 0 fully saturated rings. The van der Waals surface area contributed by atoms with Crippen molar-refractivity contribution in [1.29, 1.82) is 0 Å². The van der Waals surface area contributed by atoms with Crippen LogP contribution in [0.2, 0.25) is 0 Å². The number of aromatic nitrogens is 2. The van der Waals surface area contributed by atoms with Gasteiger partial charge in [-0.2, -0.15) is 0 Å². The monoisotopic (exact) mass is 217 g/mol. The predicted molar refractivity (Wildman–Crippen MR) is 60.8 cm³/mol. The summed E-state index contributed by atoms with van der Waals surface area (Å²) in [6, 6.07) is 7.21. The zero-order valence-electron chi connectivity index (χ0n) is 8.75. The van der Waals surface area contributed by atoms with Gasteiger partial charge in [0.25, 0.3) is 5.56 Å². The fourth-order valence-electron chi connectivity index (χ4n) is 1.45. The summed E-state index contributed by atoms with van der Waals surface area (Å²) in [5.41, 5.74) is 5.75. The Balaban J connectivity index is 2.68. The molecule has 0 atom stereocenters. The van der Waals surface area contributed by atoms with Gasteiger partial charge in [0.1, 0.15) is 5.75 Å². The first-order valence-corrected chi connectivity index (χ1v) is 4.70. The minimum Gasteiger partial charge on any atom is -0.495 e. The van der Waals surface area contributed by atoms with Gasteiger partial charge in [0.15, 0.2) is 5.82 Å². The standard InChI is InChI=1S/C11H11N3O2/c1-16-9-5-3-2-4-8(9)14-7-6-13-10(12)11(14)15/h2-7H,1H3,(H2,12,13). The molecule has 2 rings (SSSR count). The normalized spacial score (nSPS) is 10.1. The van der Waals surface area contributed by atoms with Crippen LogP contribution in [0.5, 0.6) is 5.75 Å². The Kier molecular flexibility index (Phi) is 2.59. The molecular formula is C11H11N3O2. The van der Waals surface area contributed by atoms with Crippen LogP contribution in [0, 0.1) is 0 Å². The molecule has 0 aliphatic heterocycles. The van der Waals surface area contributed by atoms with Crippen LogP contribution < -0.4 is 16.0 Å². The average Bonchev–Trinajstić information content (AvgIpc) is 2.33. The van der Waals surface area contributed by atoms with E-state index in [0.717, 1.165) is 0 Å². The lowest BCUT2D eigenvalue weighted by Crippen LogP contribution is -2.22. The number of para-hydroxylation sites is 2. The van der Waals surface area contributed by atoms with E-state index in [2.05, 4.69) is 4.98 Å². The van der Waals surface area contributed by atoms with E-state index in [1.54, 1.807) is 25.4 Å². The van der Waals surface area contributed by atoms with Crippen LogP contribution in [0.3, 0.4) is 0 Å². The summed E-state index contributed by atoms with van der Waals surface area (Å²) in [4.78, 5) is 15.5. The molecule has 16 heavy (non-hydrogen) atoms. The van der Waals surface area contributed by atoms with Crippen LogP contribution in [0.1, 0.15) is 0 Å². The molecule has 0 aliphatic rings. The summed E-state index contributed by atoms with van der Waals surface area (Å²) in [5.74, 6) is 0.573. The molecular weight excluding hydrogens is 206 g/mol. The Morgan fingerprint density at radius 1 is 1.38 bits per heavy atom. The topological polar surface area (TPSA) is 70.1 Å². The Morgan fingerprint density at radius 3 is 2.88 bits per heavy atom. The smallest absolute Gasteiger partial charge is 0.297 e. The third-order valence-electron chi connectivity index (χ3n) is 2.21. The van der Waals surface area contributed by atoms with Gasteiger partial charge in [-0.25, -0.2) is 4.98 Å². The van der Waals surface area contributed by atoms with Crippen molar-refractivity contribution in [2.45, 2.75) is 0 Å². The van der Waals surface area contributed by atoms with Crippen LogP contribution in [-0.4, -0.2) is 16.7 Å². The Hall–Kier alpha value is -2.30. The predicted octanol–water partition coefficient (Wildman–Crippen LogP) is 0.823. The molecule has 1 aromatic carbocycles. The van der Waals surface area contributed by atoms with E-state index in [1.165, 1.54) is 10.8 Å². The SMILES string of the molecule is COc1ccccc1-n1ccnc(N)c1=O. The number of ether oxygens (including phenoxy) is 1. The molecule has 0 bridgehead atoms. The van der Waals surface area contributed by atoms with Crippen molar-refractivity contribution >= 4 is 5.82 Å². The van der Waals surface area contributed by atoms with E-state index in [9.17, 15) is 4.79 Å². The van der Waals surface area contributed by atoms with Gasteiger partial charge in [-0.3, -0.25) is 9.36 Å². The summed E-state index contributed by atoms with van der Waals surface area (Å²) in [5, 5.41) is 0. The minimum absolute atomic E-state index is 0.0339. The van der Waals surface area contributed by atoms with Crippen LogP contribution in [0.15, 0.2) is 41.5 Å². The first-order valence-electron chi connectivity index (χ1n) is 4.70. The van der Waals surface area contributed by atoms with Gasteiger partial charge in [-0.05, 0) is 12.1 Å². The van der Waals surface area contributed by atoms with Crippen LogP contribution in [0.25, 0.3) is 5.69 Å². The Bertz CT molecular complexity index is 563. The zero-order valence-corrected chi connectivity index (χ0v) is 8.75.